The zero-order chi connectivity index (χ0) is 20.1. The summed E-state index contributed by atoms with van der Waals surface area (Å²) in [5.41, 5.74) is 3.31. The van der Waals surface area contributed by atoms with E-state index in [9.17, 15) is 4.79 Å². The predicted octanol–water partition coefficient (Wildman–Crippen LogP) is 3.57. The Labute approximate surface area is 170 Å². The number of hydrogen-bond acceptors (Lipinski definition) is 5. The van der Waals surface area contributed by atoms with Crippen molar-refractivity contribution in [1.82, 2.24) is 20.4 Å². The van der Waals surface area contributed by atoms with E-state index in [-0.39, 0.29) is 11.8 Å². The van der Waals surface area contributed by atoms with Gasteiger partial charge in [0.25, 0.3) is 0 Å². The molecule has 3 aromatic rings. The van der Waals surface area contributed by atoms with Crippen LogP contribution >= 0.6 is 0 Å². The van der Waals surface area contributed by atoms with Crippen LogP contribution in [0.3, 0.4) is 0 Å². The number of nitrogens with one attached hydrogen (secondary N) is 1. The Balaban J connectivity index is 1.23. The van der Waals surface area contributed by atoms with Crippen LogP contribution in [0.4, 0.5) is 0 Å². The molecule has 4 rings (SSSR count). The minimum Gasteiger partial charge on any atom is -0.352 e. The number of benzene rings is 2. The Kier molecular flexibility index (Phi) is 6.00. The zero-order valence-electron chi connectivity index (χ0n) is 16.7. The molecule has 6 heteroatoms. The first-order valence-corrected chi connectivity index (χ1v) is 10.1. The number of carbonyl (C=O) groups excluding carboxylic acids is 1. The standard InChI is InChI=1S/C23H26N4O2/c1-17-7-9-18(10-8-17)15-24-23(28)20-11-13-27(14-12-20)16-21-25-22(26-29-21)19-5-3-2-4-6-19/h2-10,20H,11-16H2,1H3,(H,24,28). The molecule has 1 aliphatic heterocycles. The number of hydrogen-bond donors (Lipinski definition) is 1. The minimum absolute atomic E-state index is 0.0688. The van der Waals surface area contributed by atoms with Gasteiger partial charge in [-0.05, 0) is 38.4 Å². The molecule has 0 aliphatic carbocycles. The van der Waals surface area contributed by atoms with E-state index in [1.54, 1.807) is 0 Å². The molecule has 0 atom stereocenters. The van der Waals surface area contributed by atoms with Crippen molar-refractivity contribution in [2.24, 2.45) is 5.92 Å². The minimum atomic E-state index is 0.0688. The van der Waals surface area contributed by atoms with Gasteiger partial charge in [0.2, 0.25) is 17.6 Å². The van der Waals surface area contributed by atoms with Gasteiger partial charge < -0.3 is 9.84 Å². The van der Waals surface area contributed by atoms with Crippen molar-refractivity contribution < 1.29 is 9.32 Å². The number of nitrogens with zero attached hydrogens (tertiary/aromatic N) is 3. The summed E-state index contributed by atoms with van der Waals surface area (Å²) in [5.74, 6) is 1.45. The molecule has 0 bridgehead atoms. The predicted molar refractivity (Wildman–Crippen MR) is 111 cm³/mol. The summed E-state index contributed by atoms with van der Waals surface area (Å²) in [6.45, 7) is 4.98. The molecule has 1 amide bonds. The fraction of sp³-hybridized carbons (Fsp3) is 0.348. The monoisotopic (exact) mass is 390 g/mol. The average Bonchev–Trinajstić information content (AvgIpc) is 3.23. The largest absolute Gasteiger partial charge is 0.352 e. The molecule has 2 aromatic carbocycles. The molecule has 2 heterocycles. The highest BCUT2D eigenvalue weighted by atomic mass is 16.5. The number of likely N-dealkylation sites (tertiary alicyclic amines) is 1. The number of piperidine rings is 1. The highest BCUT2D eigenvalue weighted by Gasteiger charge is 2.25. The van der Waals surface area contributed by atoms with Crippen LogP contribution in [0.5, 0.6) is 0 Å². The lowest BCUT2D eigenvalue weighted by Crippen LogP contribution is -2.40. The Hall–Kier alpha value is -2.99. The number of aromatic nitrogens is 2. The van der Waals surface area contributed by atoms with Crippen LogP contribution in [0.15, 0.2) is 59.1 Å². The first-order chi connectivity index (χ1) is 14.2. The summed E-state index contributed by atoms with van der Waals surface area (Å²) >= 11 is 0. The van der Waals surface area contributed by atoms with E-state index in [2.05, 4.69) is 51.5 Å². The van der Waals surface area contributed by atoms with E-state index in [0.29, 0.717) is 24.8 Å². The second-order valence-electron chi connectivity index (χ2n) is 7.63. The maximum absolute atomic E-state index is 12.5. The third kappa shape index (κ3) is 5.09. The second-order valence-corrected chi connectivity index (χ2v) is 7.63. The SMILES string of the molecule is Cc1ccc(CNC(=O)C2CCN(Cc3nc(-c4ccccc4)no3)CC2)cc1. The summed E-state index contributed by atoms with van der Waals surface area (Å²) in [6.07, 6.45) is 1.69. The molecule has 1 aromatic heterocycles. The highest BCUT2D eigenvalue weighted by Crippen LogP contribution is 2.20. The van der Waals surface area contributed by atoms with E-state index in [1.165, 1.54) is 5.56 Å². The van der Waals surface area contributed by atoms with E-state index in [4.69, 9.17) is 4.52 Å². The fourth-order valence-electron chi connectivity index (χ4n) is 3.61. The van der Waals surface area contributed by atoms with Gasteiger partial charge >= 0.3 is 0 Å². The molecule has 0 spiro atoms. The summed E-state index contributed by atoms with van der Waals surface area (Å²) in [5, 5.41) is 7.15. The molecule has 1 aliphatic rings. The van der Waals surface area contributed by atoms with E-state index in [0.717, 1.165) is 37.1 Å². The number of rotatable bonds is 6. The second kappa shape index (κ2) is 9.01. The van der Waals surface area contributed by atoms with Crippen LogP contribution < -0.4 is 5.32 Å². The Morgan fingerprint density at radius 3 is 2.55 bits per heavy atom. The van der Waals surface area contributed by atoms with Gasteiger partial charge in [-0.25, -0.2) is 0 Å². The van der Waals surface area contributed by atoms with Crippen molar-refractivity contribution in [1.29, 1.82) is 0 Å². The molecule has 1 N–H and O–H groups in total. The maximum Gasteiger partial charge on any atom is 0.241 e. The van der Waals surface area contributed by atoms with Crippen molar-refractivity contribution in [3.63, 3.8) is 0 Å². The summed E-state index contributed by atoms with van der Waals surface area (Å²) in [7, 11) is 0. The van der Waals surface area contributed by atoms with E-state index < -0.39 is 0 Å². The molecule has 29 heavy (non-hydrogen) atoms. The fourth-order valence-corrected chi connectivity index (χ4v) is 3.61. The third-order valence-corrected chi connectivity index (χ3v) is 5.40. The quantitative estimate of drug-likeness (QED) is 0.697. The molecular formula is C23H26N4O2. The Morgan fingerprint density at radius 1 is 1.10 bits per heavy atom. The smallest absolute Gasteiger partial charge is 0.241 e. The van der Waals surface area contributed by atoms with Crippen LogP contribution in [-0.2, 0) is 17.9 Å². The molecule has 1 fully saturated rings. The van der Waals surface area contributed by atoms with Crippen LogP contribution in [0.25, 0.3) is 11.4 Å². The summed E-state index contributed by atoms with van der Waals surface area (Å²) in [4.78, 5) is 19.3. The highest BCUT2D eigenvalue weighted by molar-refractivity contribution is 5.78. The molecule has 0 unspecified atom stereocenters. The summed E-state index contributed by atoms with van der Waals surface area (Å²) in [6, 6.07) is 18.1. The lowest BCUT2D eigenvalue weighted by atomic mass is 9.96. The van der Waals surface area contributed by atoms with Crippen LogP contribution in [0.2, 0.25) is 0 Å². The first-order valence-electron chi connectivity index (χ1n) is 10.1. The molecule has 150 valence electrons. The van der Waals surface area contributed by atoms with Crippen LogP contribution in [0.1, 0.15) is 29.9 Å². The molecule has 6 nitrogen and oxygen atoms in total. The average molecular weight is 390 g/mol. The zero-order valence-corrected chi connectivity index (χ0v) is 16.7. The van der Waals surface area contributed by atoms with Crippen LogP contribution in [-0.4, -0.2) is 34.0 Å². The lowest BCUT2D eigenvalue weighted by molar-refractivity contribution is -0.126. The molecule has 1 saturated heterocycles. The van der Waals surface area contributed by atoms with Crippen molar-refractivity contribution in [3.05, 3.63) is 71.6 Å². The topological polar surface area (TPSA) is 71.3 Å². The first kappa shape index (κ1) is 19.3. The third-order valence-electron chi connectivity index (χ3n) is 5.40. The van der Waals surface area contributed by atoms with Gasteiger partial charge in [-0.15, -0.1) is 0 Å². The van der Waals surface area contributed by atoms with Crippen molar-refractivity contribution in [2.45, 2.75) is 32.9 Å². The van der Waals surface area contributed by atoms with Crippen LogP contribution in [0, 0.1) is 12.8 Å². The van der Waals surface area contributed by atoms with Crippen molar-refractivity contribution >= 4 is 5.91 Å². The van der Waals surface area contributed by atoms with Gasteiger partial charge in [-0.2, -0.15) is 4.98 Å². The van der Waals surface area contributed by atoms with Crippen molar-refractivity contribution in [2.75, 3.05) is 13.1 Å². The number of aryl methyl sites for hydroxylation is 1. The maximum atomic E-state index is 12.5. The van der Waals surface area contributed by atoms with Gasteiger partial charge in [0.1, 0.15) is 0 Å². The van der Waals surface area contributed by atoms with Gasteiger partial charge in [0, 0.05) is 18.0 Å². The van der Waals surface area contributed by atoms with Gasteiger partial charge in [-0.1, -0.05) is 65.3 Å². The summed E-state index contributed by atoms with van der Waals surface area (Å²) < 4.78 is 5.41. The van der Waals surface area contributed by atoms with Crippen molar-refractivity contribution in [3.8, 4) is 11.4 Å². The Bertz CT molecular complexity index is 929. The van der Waals surface area contributed by atoms with Gasteiger partial charge in [0.05, 0.1) is 6.54 Å². The molecule has 0 saturated carbocycles. The number of amides is 1. The normalized spacial score (nSPS) is 15.3. The Morgan fingerprint density at radius 2 is 1.83 bits per heavy atom. The molecular weight excluding hydrogens is 364 g/mol. The van der Waals surface area contributed by atoms with Gasteiger partial charge in [-0.3, -0.25) is 9.69 Å². The van der Waals surface area contributed by atoms with E-state index in [1.807, 2.05) is 30.3 Å². The van der Waals surface area contributed by atoms with Gasteiger partial charge in [0.15, 0.2) is 0 Å². The van der Waals surface area contributed by atoms with E-state index >= 15 is 0 Å². The number of carbonyl (C=O) groups is 1. The lowest BCUT2D eigenvalue weighted by Gasteiger charge is -2.30. The molecule has 0 radical (unpaired) electrons.